The Bertz CT molecular complexity index is 664. The van der Waals surface area contributed by atoms with Crippen LogP contribution in [0, 0.1) is 0 Å². The fourth-order valence-corrected chi connectivity index (χ4v) is 2.75. The van der Waals surface area contributed by atoms with Crippen LogP contribution in [0.1, 0.15) is 30.1 Å². The number of benzene rings is 1. The monoisotopic (exact) mass is 311 g/mol. The molecule has 23 heavy (non-hydrogen) atoms. The molecule has 1 aliphatic rings. The first-order valence-electron chi connectivity index (χ1n) is 8.02. The molecular weight excluding hydrogens is 290 g/mol. The van der Waals surface area contributed by atoms with Gasteiger partial charge in [0, 0.05) is 25.0 Å². The number of ether oxygens (including phenoxy) is 1. The molecular formula is C18H21N3O2. The number of hydrogen-bond donors (Lipinski definition) is 1. The van der Waals surface area contributed by atoms with E-state index in [1.807, 2.05) is 37.3 Å². The standard InChI is InChI=1S/C18H21N3O2/c1-2-23-15-9-7-14(8-10-15)20-18(22)16-6-5-11-19-17(16)21-12-3-4-13-21/h5-11H,2-4,12-13H2,1H3,(H,20,22). The zero-order valence-electron chi connectivity index (χ0n) is 13.3. The summed E-state index contributed by atoms with van der Waals surface area (Å²) in [4.78, 5) is 19.2. The summed E-state index contributed by atoms with van der Waals surface area (Å²) in [6.07, 6.45) is 4.04. The van der Waals surface area contributed by atoms with Gasteiger partial charge in [-0.15, -0.1) is 0 Å². The van der Waals surface area contributed by atoms with E-state index in [1.54, 1.807) is 12.3 Å². The van der Waals surface area contributed by atoms with E-state index in [9.17, 15) is 4.79 Å². The number of carbonyl (C=O) groups is 1. The summed E-state index contributed by atoms with van der Waals surface area (Å²) in [7, 11) is 0. The maximum atomic E-state index is 12.6. The molecule has 0 aliphatic carbocycles. The number of hydrogen-bond acceptors (Lipinski definition) is 4. The average molecular weight is 311 g/mol. The lowest BCUT2D eigenvalue weighted by Crippen LogP contribution is -2.24. The van der Waals surface area contributed by atoms with E-state index in [-0.39, 0.29) is 5.91 Å². The third-order valence-electron chi connectivity index (χ3n) is 3.86. The van der Waals surface area contributed by atoms with Crippen LogP contribution in [-0.2, 0) is 0 Å². The van der Waals surface area contributed by atoms with Crippen LogP contribution < -0.4 is 15.0 Å². The molecule has 2 aromatic rings. The fraction of sp³-hybridized carbons (Fsp3) is 0.333. The highest BCUT2D eigenvalue weighted by atomic mass is 16.5. The van der Waals surface area contributed by atoms with Gasteiger partial charge in [-0.3, -0.25) is 4.79 Å². The normalized spacial score (nSPS) is 13.9. The minimum Gasteiger partial charge on any atom is -0.494 e. The molecule has 5 heteroatoms. The second-order valence-corrected chi connectivity index (χ2v) is 5.48. The molecule has 1 saturated heterocycles. The van der Waals surface area contributed by atoms with Crippen molar-refractivity contribution < 1.29 is 9.53 Å². The Hall–Kier alpha value is -2.56. The quantitative estimate of drug-likeness (QED) is 0.920. The van der Waals surface area contributed by atoms with Gasteiger partial charge in [-0.2, -0.15) is 0 Å². The van der Waals surface area contributed by atoms with Gasteiger partial charge in [0.05, 0.1) is 12.2 Å². The average Bonchev–Trinajstić information content (AvgIpc) is 3.11. The number of aromatic nitrogens is 1. The van der Waals surface area contributed by atoms with E-state index >= 15 is 0 Å². The van der Waals surface area contributed by atoms with Crippen LogP contribution in [0.15, 0.2) is 42.6 Å². The molecule has 0 bridgehead atoms. The second-order valence-electron chi connectivity index (χ2n) is 5.48. The second kappa shape index (κ2) is 7.13. The third kappa shape index (κ3) is 3.62. The lowest BCUT2D eigenvalue weighted by atomic mass is 10.2. The zero-order valence-corrected chi connectivity index (χ0v) is 13.3. The first-order valence-corrected chi connectivity index (χ1v) is 8.02. The molecule has 1 fully saturated rings. The van der Waals surface area contributed by atoms with Crippen LogP contribution in [0.2, 0.25) is 0 Å². The van der Waals surface area contributed by atoms with Gasteiger partial charge in [0.25, 0.3) is 5.91 Å². The third-order valence-corrected chi connectivity index (χ3v) is 3.86. The van der Waals surface area contributed by atoms with Gasteiger partial charge in [-0.1, -0.05) is 0 Å². The van der Waals surface area contributed by atoms with Gasteiger partial charge in [0.2, 0.25) is 0 Å². The molecule has 1 N–H and O–H groups in total. The lowest BCUT2D eigenvalue weighted by molar-refractivity contribution is 0.102. The van der Waals surface area contributed by atoms with E-state index < -0.39 is 0 Å². The molecule has 0 atom stereocenters. The molecule has 0 spiro atoms. The predicted molar refractivity (Wildman–Crippen MR) is 91.2 cm³/mol. The molecule has 1 aromatic carbocycles. The summed E-state index contributed by atoms with van der Waals surface area (Å²) in [6, 6.07) is 11.0. The van der Waals surface area contributed by atoms with Crippen LogP contribution in [0.25, 0.3) is 0 Å². The summed E-state index contributed by atoms with van der Waals surface area (Å²) in [5, 5.41) is 2.93. The predicted octanol–water partition coefficient (Wildman–Crippen LogP) is 3.33. The van der Waals surface area contributed by atoms with Crippen molar-refractivity contribution in [3.63, 3.8) is 0 Å². The molecule has 0 radical (unpaired) electrons. The van der Waals surface area contributed by atoms with Crippen molar-refractivity contribution in [2.45, 2.75) is 19.8 Å². The number of amides is 1. The van der Waals surface area contributed by atoms with Gasteiger partial charge < -0.3 is 15.0 Å². The highest BCUT2D eigenvalue weighted by Gasteiger charge is 2.20. The number of carbonyl (C=O) groups excluding carboxylic acids is 1. The van der Waals surface area contributed by atoms with E-state index in [2.05, 4.69) is 15.2 Å². The molecule has 0 saturated carbocycles. The summed E-state index contributed by atoms with van der Waals surface area (Å²) in [5.74, 6) is 1.43. The van der Waals surface area contributed by atoms with Gasteiger partial charge >= 0.3 is 0 Å². The van der Waals surface area contributed by atoms with Gasteiger partial charge in [0.1, 0.15) is 11.6 Å². The van der Waals surface area contributed by atoms with Crippen molar-refractivity contribution in [1.82, 2.24) is 4.98 Å². The molecule has 1 amide bonds. The molecule has 3 rings (SSSR count). The maximum absolute atomic E-state index is 12.6. The fourth-order valence-electron chi connectivity index (χ4n) is 2.75. The highest BCUT2D eigenvalue weighted by Crippen LogP contribution is 2.23. The molecule has 1 aliphatic heterocycles. The largest absolute Gasteiger partial charge is 0.494 e. The zero-order chi connectivity index (χ0) is 16.1. The van der Waals surface area contributed by atoms with E-state index in [1.165, 1.54) is 0 Å². The summed E-state index contributed by atoms with van der Waals surface area (Å²) in [6.45, 7) is 4.49. The van der Waals surface area contributed by atoms with Gasteiger partial charge in [-0.25, -0.2) is 4.98 Å². The molecule has 120 valence electrons. The first-order chi connectivity index (χ1) is 11.3. The number of nitrogens with zero attached hydrogens (tertiary/aromatic N) is 2. The van der Waals surface area contributed by atoms with Crippen molar-refractivity contribution in [3.05, 3.63) is 48.2 Å². The van der Waals surface area contributed by atoms with Gasteiger partial charge in [0.15, 0.2) is 0 Å². The number of nitrogens with one attached hydrogen (secondary N) is 1. The first kappa shape index (κ1) is 15.3. The minimum absolute atomic E-state index is 0.135. The van der Waals surface area contributed by atoms with Crippen LogP contribution in [0.5, 0.6) is 5.75 Å². The van der Waals surface area contributed by atoms with E-state index in [0.29, 0.717) is 12.2 Å². The molecule has 5 nitrogen and oxygen atoms in total. The Labute approximate surface area is 136 Å². The Morgan fingerprint density at radius 2 is 1.96 bits per heavy atom. The topological polar surface area (TPSA) is 54.5 Å². The number of rotatable bonds is 5. The van der Waals surface area contributed by atoms with Crippen molar-refractivity contribution >= 4 is 17.4 Å². The maximum Gasteiger partial charge on any atom is 0.259 e. The van der Waals surface area contributed by atoms with Crippen molar-refractivity contribution in [2.24, 2.45) is 0 Å². The Morgan fingerprint density at radius 1 is 1.22 bits per heavy atom. The molecule has 0 unspecified atom stereocenters. The van der Waals surface area contributed by atoms with Crippen LogP contribution in [0.3, 0.4) is 0 Å². The number of pyridine rings is 1. The summed E-state index contributed by atoms with van der Waals surface area (Å²) in [5.41, 5.74) is 1.36. The number of anilines is 2. The van der Waals surface area contributed by atoms with E-state index in [4.69, 9.17) is 4.74 Å². The van der Waals surface area contributed by atoms with Crippen molar-refractivity contribution in [3.8, 4) is 5.75 Å². The van der Waals surface area contributed by atoms with Crippen LogP contribution in [-0.4, -0.2) is 30.6 Å². The smallest absolute Gasteiger partial charge is 0.259 e. The highest BCUT2D eigenvalue weighted by molar-refractivity contribution is 6.07. The Kier molecular flexibility index (Phi) is 4.76. The SMILES string of the molecule is CCOc1ccc(NC(=O)c2cccnc2N2CCCC2)cc1. The summed E-state index contributed by atoms with van der Waals surface area (Å²) >= 11 is 0. The van der Waals surface area contributed by atoms with Crippen LogP contribution >= 0.6 is 0 Å². The van der Waals surface area contributed by atoms with Crippen molar-refractivity contribution in [1.29, 1.82) is 0 Å². The van der Waals surface area contributed by atoms with E-state index in [0.717, 1.165) is 43.2 Å². The lowest BCUT2D eigenvalue weighted by Gasteiger charge is -2.19. The summed E-state index contributed by atoms with van der Waals surface area (Å²) < 4.78 is 5.41. The van der Waals surface area contributed by atoms with Gasteiger partial charge in [-0.05, 0) is 56.2 Å². The minimum atomic E-state index is -0.135. The van der Waals surface area contributed by atoms with Crippen molar-refractivity contribution in [2.75, 3.05) is 29.9 Å². The Balaban J connectivity index is 1.75. The Morgan fingerprint density at radius 3 is 2.65 bits per heavy atom. The molecule has 2 heterocycles. The molecule has 1 aromatic heterocycles. The van der Waals surface area contributed by atoms with Crippen LogP contribution in [0.4, 0.5) is 11.5 Å².